The molecule has 1 aliphatic rings. The quantitative estimate of drug-likeness (QED) is 0.831. The third-order valence-electron chi connectivity index (χ3n) is 3.70. The van der Waals surface area contributed by atoms with Crippen molar-refractivity contribution < 1.29 is 4.79 Å². The van der Waals surface area contributed by atoms with Gasteiger partial charge in [-0.25, -0.2) is 0 Å². The number of hydrogen-bond acceptors (Lipinski definition) is 2. The van der Waals surface area contributed by atoms with Crippen LogP contribution in [0.2, 0.25) is 0 Å². The first-order chi connectivity index (χ1) is 9.34. The number of piperidine rings is 1. The van der Waals surface area contributed by atoms with Crippen molar-refractivity contribution in [1.29, 1.82) is 0 Å². The smallest absolute Gasteiger partial charge is 0.137 e. The number of anilines is 1. The Kier molecular flexibility index (Phi) is 4.80. The zero-order valence-electron chi connectivity index (χ0n) is 11.2. The summed E-state index contributed by atoms with van der Waals surface area (Å²) in [5.41, 5.74) is 2.42. The van der Waals surface area contributed by atoms with Crippen molar-refractivity contribution >= 4 is 23.9 Å². The van der Waals surface area contributed by atoms with Crippen LogP contribution < -0.4 is 4.90 Å². The Hall–Kier alpha value is -1.80. The number of Topliss-reactive ketones (excluding diaryl/α,β-unsaturated/α-hetero) is 1. The first-order valence-corrected chi connectivity index (χ1v) is 6.73. The van der Waals surface area contributed by atoms with Gasteiger partial charge in [-0.05, 0) is 17.7 Å². The van der Waals surface area contributed by atoms with Crippen LogP contribution in [0.15, 0.2) is 60.7 Å². The Balaban J connectivity index is 0.00000147. The van der Waals surface area contributed by atoms with Gasteiger partial charge in [0.2, 0.25) is 0 Å². The third-order valence-corrected chi connectivity index (χ3v) is 3.70. The fourth-order valence-electron chi connectivity index (χ4n) is 2.73. The van der Waals surface area contributed by atoms with E-state index in [-0.39, 0.29) is 18.4 Å². The van der Waals surface area contributed by atoms with Gasteiger partial charge < -0.3 is 4.90 Å². The van der Waals surface area contributed by atoms with Crippen molar-refractivity contribution in [2.75, 3.05) is 11.4 Å². The lowest BCUT2D eigenvalue weighted by molar-refractivity contribution is -0.120. The summed E-state index contributed by atoms with van der Waals surface area (Å²) in [5, 5.41) is 0. The second-order valence-electron chi connectivity index (χ2n) is 4.95. The summed E-state index contributed by atoms with van der Waals surface area (Å²) in [5.74, 6) is 0.362. The summed E-state index contributed by atoms with van der Waals surface area (Å²) >= 11 is 0. The van der Waals surface area contributed by atoms with E-state index in [1.54, 1.807) is 0 Å². The molecule has 1 heterocycles. The Morgan fingerprint density at radius 3 is 2.15 bits per heavy atom. The third kappa shape index (κ3) is 3.02. The number of ketones is 1. The lowest BCUT2D eigenvalue weighted by Crippen LogP contribution is -2.37. The summed E-state index contributed by atoms with van der Waals surface area (Å²) in [4.78, 5) is 14.1. The zero-order valence-corrected chi connectivity index (χ0v) is 12.1. The van der Waals surface area contributed by atoms with E-state index in [4.69, 9.17) is 0 Å². The molecule has 1 saturated heterocycles. The van der Waals surface area contributed by atoms with Gasteiger partial charge in [0.15, 0.2) is 0 Å². The number of para-hydroxylation sites is 1. The van der Waals surface area contributed by atoms with Crippen molar-refractivity contribution in [3.05, 3.63) is 66.2 Å². The van der Waals surface area contributed by atoms with Crippen molar-refractivity contribution in [2.45, 2.75) is 18.9 Å². The molecule has 0 bridgehead atoms. The monoisotopic (exact) mass is 287 g/mol. The van der Waals surface area contributed by atoms with E-state index in [9.17, 15) is 4.79 Å². The molecule has 1 unspecified atom stereocenters. The maximum absolute atomic E-state index is 11.8. The predicted octanol–water partition coefficient (Wildman–Crippen LogP) is 4.02. The van der Waals surface area contributed by atoms with E-state index >= 15 is 0 Å². The molecule has 2 aromatic carbocycles. The van der Waals surface area contributed by atoms with Crippen molar-refractivity contribution in [2.24, 2.45) is 0 Å². The molecule has 0 amide bonds. The number of rotatable bonds is 2. The van der Waals surface area contributed by atoms with Crippen LogP contribution >= 0.6 is 12.4 Å². The van der Waals surface area contributed by atoms with Gasteiger partial charge in [0.05, 0.1) is 6.04 Å². The molecule has 0 spiro atoms. The van der Waals surface area contributed by atoms with E-state index < -0.39 is 0 Å². The minimum atomic E-state index is 0. The predicted molar refractivity (Wildman–Crippen MR) is 84.5 cm³/mol. The van der Waals surface area contributed by atoms with Gasteiger partial charge >= 0.3 is 0 Å². The minimum Gasteiger partial charge on any atom is -0.364 e. The molecule has 2 aromatic rings. The fourth-order valence-corrected chi connectivity index (χ4v) is 2.73. The number of carbonyl (C=O) groups is 1. The molecule has 0 aromatic heterocycles. The van der Waals surface area contributed by atoms with E-state index in [1.807, 2.05) is 36.4 Å². The van der Waals surface area contributed by atoms with E-state index in [0.29, 0.717) is 18.6 Å². The van der Waals surface area contributed by atoms with E-state index in [2.05, 4.69) is 29.2 Å². The average molecular weight is 288 g/mol. The second-order valence-corrected chi connectivity index (χ2v) is 4.95. The molecule has 1 atom stereocenters. The highest BCUT2D eigenvalue weighted by Crippen LogP contribution is 2.33. The molecule has 0 radical (unpaired) electrons. The Bertz CT molecular complexity index is 556. The molecule has 0 aliphatic carbocycles. The largest absolute Gasteiger partial charge is 0.364 e. The number of halogens is 1. The SMILES string of the molecule is Cl.O=C1CCN(c2ccccc2)C(c2ccccc2)C1. The number of nitrogens with zero attached hydrogens (tertiary/aromatic N) is 1. The summed E-state index contributed by atoms with van der Waals surface area (Å²) in [7, 11) is 0. The summed E-state index contributed by atoms with van der Waals surface area (Å²) in [6.07, 6.45) is 1.26. The van der Waals surface area contributed by atoms with Gasteiger partial charge in [0.1, 0.15) is 5.78 Å². The molecule has 0 saturated carbocycles. The number of hydrogen-bond donors (Lipinski definition) is 0. The van der Waals surface area contributed by atoms with Gasteiger partial charge in [-0.15, -0.1) is 12.4 Å². The molecule has 0 N–H and O–H groups in total. The number of carbonyl (C=O) groups excluding carboxylic acids is 1. The Morgan fingerprint density at radius 2 is 1.50 bits per heavy atom. The van der Waals surface area contributed by atoms with Gasteiger partial charge in [0.25, 0.3) is 0 Å². The molecule has 20 heavy (non-hydrogen) atoms. The van der Waals surface area contributed by atoms with Crippen molar-refractivity contribution in [3.8, 4) is 0 Å². The van der Waals surface area contributed by atoms with Crippen LogP contribution in [0.5, 0.6) is 0 Å². The lowest BCUT2D eigenvalue weighted by atomic mass is 9.94. The van der Waals surface area contributed by atoms with Crippen LogP contribution in [-0.2, 0) is 4.79 Å². The van der Waals surface area contributed by atoms with E-state index in [0.717, 1.165) is 6.54 Å². The second kappa shape index (κ2) is 6.58. The van der Waals surface area contributed by atoms with Gasteiger partial charge in [-0.1, -0.05) is 48.5 Å². The van der Waals surface area contributed by atoms with Gasteiger partial charge in [-0.3, -0.25) is 4.79 Å². The molecular formula is C17H18ClNO. The molecule has 3 rings (SSSR count). The van der Waals surface area contributed by atoms with Crippen molar-refractivity contribution in [3.63, 3.8) is 0 Å². The highest BCUT2D eigenvalue weighted by Gasteiger charge is 2.28. The average Bonchev–Trinajstić information content (AvgIpc) is 2.49. The Morgan fingerprint density at radius 1 is 0.900 bits per heavy atom. The van der Waals surface area contributed by atoms with Crippen LogP contribution in [-0.4, -0.2) is 12.3 Å². The molecule has 3 heteroatoms. The minimum absolute atomic E-state index is 0. The fraction of sp³-hybridized carbons (Fsp3) is 0.235. The first kappa shape index (κ1) is 14.6. The summed E-state index contributed by atoms with van der Waals surface area (Å²) < 4.78 is 0. The standard InChI is InChI=1S/C17H17NO.ClH/c19-16-11-12-18(15-9-5-2-6-10-15)17(13-16)14-7-3-1-4-8-14;/h1-10,17H,11-13H2;1H. The lowest BCUT2D eigenvalue weighted by Gasteiger charge is -2.37. The molecule has 104 valence electrons. The van der Waals surface area contributed by atoms with Crippen LogP contribution in [0.1, 0.15) is 24.4 Å². The van der Waals surface area contributed by atoms with Gasteiger partial charge in [0, 0.05) is 25.1 Å². The van der Waals surface area contributed by atoms with Crippen LogP contribution in [0, 0.1) is 0 Å². The van der Waals surface area contributed by atoms with Crippen LogP contribution in [0.4, 0.5) is 5.69 Å². The summed E-state index contributed by atoms with van der Waals surface area (Å²) in [6, 6.07) is 20.8. The van der Waals surface area contributed by atoms with Crippen LogP contribution in [0.25, 0.3) is 0 Å². The summed E-state index contributed by atoms with van der Waals surface area (Å²) in [6.45, 7) is 0.808. The first-order valence-electron chi connectivity index (χ1n) is 6.73. The molecule has 2 nitrogen and oxygen atoms in total. The van der Waals surface area contributed by atoms with Crippen molar-refractivity contribution in [1.82, 2.24) is 0 Å². The number of benzene rings is 2. The topological polar surface area (TPSA) is 20.3 Å². The molecular weight excluding hydrogens is 270 g/mol. The Labute approximate surface area is 125 Å². The molecule has 1 fully saturated rings. The highest BCUT2D eigenvalue weighted by molar-refractivity contribution is 5.85. The zero-order chi connectivity index (χ0) is 13.1. The normalized spacial score (nSPS) is 18.5. The highest BCUT2D eigenvalue weighted by atomic mass is 35.5. The van der Waals surface area contributed by atoms with Gasteiger partial charge in [-0.2, -0.15) is 0 Å². The van der Waals surface area contributed by atoms with E-state index in [1.165, 1.54) is 11.3 Å². The maximum Gasteiger partial charge on any atom is 0.137 e. The molecule has 1 aliphatic heterocycles. The van der Waals surface area contributed by atoms with Crippen LogP contribution in [0.3, 0.4) is 0 Å². The maximum atomic E-state index is 11.8.